The maximum Gasteiger partial charge on any atom is 0.146 e. The van der Waals surface area contributed by atoms with Gasteiger partial charge in [0.25, 0.3) is 0 Å². The molecule has 2 rings (SSSR count). The van der Waals surface area contributed by atoms with Crippen LogP contribution in [0, 0.1) is 11.3 Å². The Bertz CT molecular complexity index is 647. The number of nitriles is 1. The van der Waals surface area contributed by atoms with Crippen LogP contribution >= 0.6 is 11.6 Å². The van der Waals surface area contributed by atoms with E-state index in [9.17, 15) is 0 Å². The summed E-state index contributed by atoms with van der Waals surface area (Å²) in [6.07, 6.45) is 0. The Kier molecular flexibility index (Phi) is 3.26. The zero-order valence-corrected chi connectivity index (χ0v) is 11.1. The molecule has 1 aromatic carbocycles. The number of ether oxygens (including phenoxy) is 1. The van der Waals surface area contributed by atoms with E-state index in [0.717, 1.165) is 10.9 Å². The molecule has 0 fully saturated rings. The molecule has 0 aliphatic carbocycles. The molecule has 0 unspecified atom stereocenters. The number of methoxy groups -OCH3 is 1. The number of hydrogen-bond acceptors (Lipinski definition) is 4. The van der Waals surface area contributed by atoms with Gasteiger partial charge in [-0.3, -0.25) is 0 Å². The predicted octanol–water partition coefficient (Wildman–Crippen LogP) is 2.83. The van der Waals surface area contributed by atoms with Gasteiger partial charge in [-0.05, 0) is 18.2 Å². The second kappa shape index (κ2) is 4.71. The van der Waals surface area contributed by atoms with Crippen molar-refractivity contribution >= 4 is 28.3 Å². The van der Waals surface area contributed by atoms with Gasteiger partial charge < -0.3 is 9.64 Å². The van der Waals surface area contributed by atoms with Crippen molar-refractivity contribution in [3.63, 3.8) is 0 Å². The summed E-state index contributed by atoms with van der Waals surface area (Å²) >= 11 is 6.07. The molecule has 0 amide bonds. The zero-order chi connectivity index (χ0) is 13.3. The average molecular weight is 262 g/mol. The van der Waals surface area contributed by atoms with E-state index in [1.165, 1.54) is 0 Å². The zero-order valence-electron chi connectivity index (χ0n) is 10.4. The van der Waals surface area contributed by atoms with Crippen molar-refractivity contribution < 1.29 is 4.74 Å². The van der Waals surface area contributed by atoms with Crippen LogP contribution in [-0.2, 0) is 0 Å². The first-order valence-electron chi connectivity index (χ1n) is 5.32. The third-order valence-electron chi connectivity index (χ3n) is 2.61. The summed E-state index contributed by atoms with van der Waals surface area (Å²) in [6, 6.07) is 7.45. The van der Waals surface area contributed by atoms with Gasteiger partial charge in [-0.2, -0.15) is 5.26 Å². The van der Waals surface area contributed by atoms with Crippen molar-refractivity contribution in [2.75, 3.05) is 26.1 Å². The van der Waals surface area contributed by atoms with Gasteiger partial charge in [-0.25, -0.2) is 4.98 Å². The summed E-state index contributed by atoms with van der Waals surface area (Å²) in [5.74, 6) is 1.21. The molecular weight excluding hydrogens is 250 g/mol. The highest BCUT2D eigenvalue weighted by Gasteiger charge is 2.11. The largest absolute Gasteiger partial charge is 0.495 e. The maximum atomic E-state index is 9.13. The number of hydrogen-bond donors (Lipinski definition) is 0. The maximum absolute atomic E-state index is 9.13. The van der Waals surface area contributed by atoms with Crippen LogP contribution in [0.15, 0.2) is 18.2 Å². The minimum Gasteiger partial charge on any atom is -0.495 e. The summed E-state index contributed by atoms with van der Waals surface area (Å²) in [5.41, 5.74) is 1.26. The normalized spacial score (nSPS) is 10.2. The molecule has 92 valence electrons. The Labute approximate surface area is 110 Å². The second-order valence-electron chi connectivity index (χ2n) is 4.05. The topological polar surface area (TPSA) is 49.1 Å². The van der Waals surface area contributed by atoms with Crippen molar-refractivity contribution in [3.05, 3.63) is 28.8 Å². The van der Waals surface area contributed by atoms with E-state index in [1.807, 2.05) is 14.1 Å². The van der Waals surface area contributed by atoms with Crippen LogP contribution in [0.5, 0.6) is 5.75 Å². The van der Waals surface area contributed by atoms with Gasteiger partial charge in [0.05, 0.1) is 23.2 Å². The van der Waals surface area contributed by atoms with Crippen molar-refractivity contribution in [1.82, 2.24) is 4.98 Å². The molecule has 1 aromatic heterocycles. The number of fused-ring (bicyclic) bond motifs is 1. The van der Waals surface area contributed by atoms with E-state index in [-0.39, 0.29) is 0 Å². The van der Waals surface area contributed by atoms with Gasteiger partial charge in [0.2, 0.25) is 0 Å². The van der Waals surface area contributed by atoms with E-state index in [4.69, 9.17) is 21.6 Å². The average Bonchev–Trinajstić information content (AvgIpc) is 2.36. The van der Waals surface area contributed by atoms with E-state index in [0.29, 0.717) is 22.2 Å². The number of halogens is 1. The number of anilines is 1. The van der Waals surface area contributed by atoms with Crippen molar-refractivity contribution in [3.8, 4) is 11.8 Å². The fourth-order valence-electron chi connectivity index (χ4n) is 1.75. The van der Waals surface area contributed by atoms with Crippen LogP contribution in [0.1, 0.15) is 5.56 Å². The minimum absolute atomic E-state index is 0.506. The molecule has 18 heavy (non-hydrogen) atoms. The van der Waals surface area contributed by atoms with Crippen molar-refractivity contribution in [2.24, 2.45) is 0 Å². The molecule has 0 aliphatic rings. The number of nitrogens with zero attached hydrogens (tertiary/aromatic N) is 3. The molecule has 0 saturated carbocycles. The van der Waals surface area contributed by atoms with Crippen LogP contribution < -0.4 is 9.64 Å². The first-order chi connectivity index (χ1) is 8.56. The number of pyridine rings is 1. The van der Waals surface area contributed by atoms with Crippen LogP contribution in [0.3, 0.4) is 0 Å². The number of benzene rings is 1. The predicted molar refractivity (Wildman–Crippen MR) is 72.3 cm³/mol. The summed E-state index contributed by atoms with van der Waals surface area (Å²) in [7, 11) is 5.25. The quantitative estimate of drug-likeness (QED) is 0.834. The first-order valence-corrected chi connectivity index (χ1v) is 5.70. The van der Waals surface area contributed by atoms with Gasteiger partial charge in [0.15, 0.2) is 0 Å². The van der Waals surface area contributed by atoms with Crippen LogP contribution in [0.25, 0.3) is 10.9 Å². The molecule has 5 heteroatoms. The fourth-order valence-corrected chi connectivity index (χ4v) is 1.98. The third kappa shape index (κ3) is 2.05. The van der Waals surface area contributed by atoms with Crippen molar-refractivity contribution in [2.45, 2.75) is 0 Å². The van der Waals surface area contributed by atoms with Crippen LogP contribution in [-0.4, -0.2) is 26.2 Å². The molecule has 0 spiro atoms. The Hall–Kier alpha value is -1.99. The van der Waals surface area contributed by atoms with Gasteiger partial charge in [-0.1, -0.05) is 11.6 Å². The molecule has 0 N–H and O–H groups in total. The summed E-state index contributed by atoms with van der Waals surface area (Å²) in [4.78, 5) is 6.25. The van der Waals surface area contributed by atoms with Crippen LogP contribution in [0.4, 0.5) is 5.82 Å². The molecular formula is C13H12ClN3O. The Balaban J connectivity index is 2.76. The second-order valence-corrected chi connectivity index (χ2v) is 4.45. The molecule has 0 saturated heterocycles. The Morgan fingerprint density at radius 3 is 2.61 bits per heavy atom. The SMILES string of the molecule is COc1cc2cc(C#N)c(N(C)C)nc2cc1Cl. The number of aromatic nitrogens is 1. The van der Waals surface area contributed by atoms with Gasteiger partial charge in [0, 0.05) is 19.5 Å². The minimum atomic E-state index is 0.506. The lowest BCUT2D eigenvalue weighted by atomic mass is 10.1. The lowest BCUT2D eigenvalue weighted by Crippen LogP contribution is -2.12. The molecule has 2 aromatic rings. The smallest absolute Gasteiger partial charge is 0.146 e. The molecule has 0 radical (unpaired) electrons. The van der Waals surface area contributed by atoms with Gasteiger partial charge in [0.1, 0.15) is 17.6 Å². The molecule has 0 aliphatic heterocycles. The monoisotopic (exact) mass is 261 g/mol. The number of rotatable bonds is 2. The Morgan fingerprint density at radius 2 is 2.06 bits per heavy atom. The highest BCUT2D eigenvalue weighted by molar-refractivity contribution is 6.32. The summed E-state index contributed by atoms with van der Waals surface area (Å²) in [5, 5.41) is 10.5. The summed E-state index contributed by atoms with van der Waals surface area (Å²) in [6.45, 7) is 0. The highest BCUT2D eigenvalue weighted by atomic mass is 35.5. The van der Waals surface area contributed by atoms with Gasteiger partial charge in [-0.15, -0.1) is 0 Å². The van der Waals surface area contributed by atoms with Crippen molar-refractivity contribution in [1.29, 1.82) is 5.26 Å². The molecule has 4 nitrogen and oxygen atoms in total. The first kappa shape index (κ1) is 12.5. The van der Waals surface area contributed by atoms with E-state index < -0.39 is 0 Å². The van der Waals surface area contributed by atoms with E-state index in [1.54, 1.807) is 30.2 Å². The standard InChI is InChI=1S/C13H12ClN3O/c1-17(2)13-9(7-15)4-8-5-12(18-3)10(14)6-11(8)16-13/h4-6H,1-3H3. The lowest BCUT2D eigenvalue weighted by molar-refractivity contribution is 0.415. The van der Waals surface area contributed by atoms with Crippen LogP contribution in [0.2, 0.25) is 5.02 Å². The third-order valence-corrected chi connectivity index (χ3v) is 2.91. The fraction of sp³-hybridized carbons (Fsp3) is 0.231. The molecule has 1 heterocycles. The van der Waals surface area contributed by atoms with E-state index >= 15 is 0 Å². The lowest BCUT2D eigenvalue weighted by Gasteiger charge is -2.14. The Morgan fingerprint density at radius 1 is 1.33 bits per heavy atom. The van der Waals surface area contributed by atoms with E-state index in [2.05, 4.69) is 11.1 Å². The summed E-state index contributed by atoms with van der Waals surface area (Å²) < 4.78 is 5.15. The molecule has 0 bridgehead atoms. The van der Waals surface area contributed by atoms with Gasteiger partial charge >= 0.3 is 0 Å². The highest BCUT2D eigenvalue weighted by Crippen LogP contribution is 2.31. The molecule has 0 atom stereocenters.